The summed E-state index contributed by atoms with van der Waals surface area (Å²) in [7, 11) is 0. The van der Waals surface area contributed by atoms with Crippen molar-refractivity contribution in [2.45, 2.75) is 26.2 Å². The fraction of sp³-hybridized carbons (Fsp3) is 0.643. The summed E-state index contributed by atoms with van der Waals surface area (Å²) in [6, 6.07) is 1.73. The maximum Gasteiger partial charge on any atom is 0.147 e. The van der Waals surface area contributed by atoms with E-state index in [-0.39, 0.29) is 0 Å². The number of piperidine rings is 1. The van der Waals surface area contributed by atoms with E-state index in [4.69, 9.17) is 23.2 Å². The molecule has 6 heteroatoms. The van der Waals surface area contributed by atoms with Gasteiger partial charge in [-0.2, -0.15) is 0 Å². The van der Waals surface area contributed by atoms with E-state index >= 15 is 0 Å². The fourth-order valence-electron chi connectivity index (χ4n) is 2.40. The van der Waals surface area contributed by atoms with Gasteiger partial charge in [-0.05, 0) is 38.9 Å². The van der Waals surface area contributed by atoms with Crippen LogP contribution < -0.4 is 10.6 Å². The van der Waals surface area contributed by atoms with Crippen molar-refractivity contribution in [3.63, 3.8) is 0 Å². The molecule has 0 aromatic carbocycles. The Labute approximate surface area is 130 Å². The van der Waals surface area contributed by atoms with E-state index in [2.05, 4.69) is 20.5 Å². The Morgan fingerprint density at radius 1 is 1.10 bits per heavy atom. The molecule has 1 aromatic rings. The van der Waals surface area contributed by atoms with Crippen molar-refractivity contribution >= 4 is 34.8 Å². The second-order valence-corrected chi connectivity index (χ2v) is 5.82. The van der Waals surface area contributed by atoms with Gasteiger partial charge in [-0.25, -0.2) is 4.98 Å². The molecule has 1 fully saturated rings. The normalized spacial score (nSPS) is 16.1. The second kappa shape index (κ2) is 7.91. The molecule has 0 amide bonds. The Bertz CT molecular complexity index is 433. The monoisotopic (exact) mass is 316 g/mol. The number of nitrogens with one attached hydrogen (secondary N) is 2. The highest BCUT2D eigenvalue weighted by Crippen LogP contribution is 2.28. The molecular weight excluding hydrogens is 295 g/mol. The number of halogens is 2. The molecule has 1 aliphatic heterocycles. The van der Waals surface area contributed by atoms with Crippen LogP contribution in [0.2, 0.25) is 10.0 Å². The van der Waals surface area contributed by atoms with Gasteiger partial charge in [0.25, 0.3) is 0 Å². The molecular formula is C14H22Cl2N4. The zero-order chi connectivity index (χ0) is 14.4. The number of aromatic nitrogens is 1. The van der Waals surface area contributed by atoms with Crippen molar-refractivity contribution in [2.75, 3.05) is 43.4 Å². The van der Waals surface area contributed by atoms with Crippen molar-refractivity contribution in [3.8, 4) is 0 Å². The molecule has 1 saturated heterocycles. The van der Waals surface area contributed by atoms with Gasteiger partial charge in [-0.15, -0.1) is 0 Å². The smallest absolute Gasteiger partial charge is 0.147 e. The standard InChI is InChI=1S/C14H22Cl2N4/c1-2-17-13-11(15)10-12(16)14(19-13)18-6-9-20-7-4-3-5-8-20/h10H,2-9H2,1H3,(H2,17,18,19). The molecule has 2 rings (SSSR count). The third kappa shape index (κ3) is 4.40. The number of nitrogens with zero attached hydrogens (tertiary/aromatic N) is 2. The summed E-state index contributed by atoms with van der Waals surface area (Å²) < 4.78 is 0. The molecule has 0 radical (unpaired) electrons. The van der Waals surface area contributed by atoms with Crippen molar-refractivity contribution in [3.05, 3.63) is 16.1 Å². The molecule has 0 saturated carbocycles. The zero-order valence-electron chi connectivity index (χ0n) is 11.9. The van der Waals surface area contributed by atoms with Crippen molar-refractivity contribution in [1.29, 1.82) is 0 Å². The molecule has 1 aliphatic rings. The Balaban J connectivity index is 1.89. The highest BCUT2D eigenvalue weighted by molar-refractivity contribution is 6.37. The van der Waals surface area contributed by atoms with Gasteiger partial charge in [0.15, 0.2) is 0 Å². The van der Waals surface area contributed by atoms with E-state index in [1.54, 1.807) is 6.07 Å². The highest BCUT2D eigenvalue weighted by Gasteiger charge is 2.11. The first-order chi connectivity index (χ1) is 9.70. The molecule has 0 aliphatic carbocycles. The molecule has 0 unspecified atom stereocenters. The van der Waals surface area contributed by atoms with Gasteiger partial charge in [0.05, 0.1) is 10.0 Å². The Morgan fingerprint density at radius 3 is 2.40 bits per heavy atom. The summed E-state index contributed by atoms with van der Waals surface area (Å²) in [5.41, 5.74) is 0. The summed E-state index contributed by atoms with van der Waals surface area (Å²) >= 11 is 12.3. The SMILES string of the molecule is CCNc1nc(NCCN2CCCCC2)c(Cl)cc1Cl. The molecule has 1 aromatic heterocycles. The topological polar surface area (TPSA) is 40.2 Å². The van der Waals surface area contributed by atoms with Crippen LogP contribution in [0.3, 0.4) is 0 Å². The van der Waals surface area contributed by atoms with Gasteiger partial charge >= 0.3 is 0 Å². The maximum atomic E-state index is 6.17. The molecule has 0 atom stereocenters. The average molecular weight is 317 g/mol. The quantitative estimate of drug-likeness (QED) is 0.839. The molecule has 0 bridgehead atoms. The van der Waals surface area contributed by atoms with Crippen LogP contribution in [0.15, 0.2) is 6.07 Å². The Morgan fingerprint density at radius 2 is 1.75 bits per heavy atom. The predicted octanol–water partition coefficient (Wildman–Crippen LogP) is 3.72. The number of pyridine rings is 1. The van der Waals surface area contributed by atoms with Gasteiger partial charge in [0, 0.05) is 19.6 Å². The van der Waals surface area contributed by atoms with Gasteiger partial charge in [-0.1, -0.05) is 29.6 Å². The van der Waals surface area contributed by atoms with Gasteiger partial charge in [0.2, 0.25) is 0 Å². The van der Waals surface area contributed by atoms with Crippen LogP contribution in [0.5, 0.6) is 0 Å². The van der Waals surface area contributed by atoms with Crippen LogP contribution in [0.4, 0.5) is 11.6 Å². The Kier molecular flexibility index (Phi) is 6.20. The van der Waals surface area contributed by atoms with E-state index in [1.807, 2.05) is 6.92 Å². The third-order valence-electron chi connectivity index (χ3n) is 3.44. The molecule has 20 heavy (non-hydrogen) atoms. The minimum Gasteiger partial charge on any atom is -0.369 e. The number of likely N-dealkylation sites (tertiary alicyclic amines) is 1. The summed E-state index contributed by atoms with van der Waals surface area (Å²) in [6.45, 7) is 7.06. The lowest BCUT2D eigenvalue weighted by molar-refractivity contribution is 0.237. The maximum absolute atomic E-state index is 6.17. The summed E-state index contributed by atoms with van der Waals surface area (Å²) in [5.74, 6) is 1.38. The van der Waals surface area contributed by atoms with E-state index < -0.39 is 0 Å². The van der Waals surface area contributed by atoms with Crippen LogP contribution in [-0.2, 0) is 0 Å². The highest BCUT2D eigenvalue weighted by atomic mass is 35.5. The number of anilines is 2. The number of hydrogen-bond donors (Lipinski definition) is 2. The van der Waals surface area contributed by atoms with Crippen molar-refractivity contribution in [1.82, 2.24) is 9.88 Å². The van der Waals surface area contributed by atoms with E-state index in [1.165, 1.54) is 32.4 Å². The van der Waals surface area contributed by atoms with Gasteiger partial charge in [-0.3, -0.25) is 0 Å². The van der Waals surface area contributed by atoms with E-state index in [9.17, 15) is 0 Å². The lowest BCUT2D eigenvalue weighted by atomic mass is 10.1. The minimum atomic E-state index is 0.554. The van der Waals surface area contributed by atoms with Gasteiger partial charge in [0.1, 0.15) is 11.6 Å². The number of hydrogen-bond acceptors (Lipinski definition) is 4. The molecule has 112 valence electrons. The zero-order valence-corrected chi connectivity index (χ0v) is 13.4. The fourth-order valence-corrected chi connectivity index (χ4v) is 2.89. The number of rotatable bonds is 6. The summed E-state index contributed by atoms with van der Waals surface area (Å²) in [4.78, 5) is 6.92. The molecule has 2 heterocycles. The Hall–Kier alpha value is -0.710. The first-order valence-electron chi connectivity index (χ1n) is 7.27. The second-order valence-electron chi connectivity index (χ2n) is 5.01. The van der Waals surface area contributed by atoms with E-state index in [0.29, 0.717) is 21.7 Å². The summed E-state index contributed by atoms with van der Waals surface area (Å²) in [5, 5.41) is 7.55. The first kappa shape index (κ1) is 15.7. The van der Waals surface area contributed by atoms with Crippen LogP contribution in [0, 0.1) is 0 Å². The lowest BCUT2D eigenvalue weighted by Crippen LogP contribution is -2.33. The van der Waals surface area contributed by atoms with Crippen LogP contribution in [0.1, 0.15) is 26.2 Å². The van der Waals surface area contributed by atoms with Crippen LogP contribution >= 0.6 is 23.2 Å². The average Bonchev–Trinajstić information content (AvgIpc) is 2.45. The third-order valence-corrected chi connectivity index (χ3v) is 4.02. The van der Waals surface area contributed by atoms with Gasteiger partial charge < -0.3 is 15.5 Å². The molecule has 4 nitrogen and oxygen atoms in total. The molecule has 2 N–H and O–H groups in total. The van der Waals surface area contributed by atoms with Crippen LogP contribution in [-0.4, -0.2) is 42.6 Å². The summed E-state index contributed by atoms with van der Waals surface area (Å²) in [6.07, 6.45) is 3.98. The van der Waals surface area contributed by atoms with Crippen LogP contribution in [0.25, 0.3) is 0 Å². The first-order valence-corrected chi connectivity index (χ1v) is 8.02. The lowest BCUT2D eigenvalue weighted by Gasteiger charge is -2.26. The minimum absolute atomic E-state index is 0.554. The van der Waals surface area contributed by atoms with E-state index in [0.717, 1.165) is 19.6 Å². The van der Waals surface area contributed by atoms with Crippen molar-refractivity contribution in [2.24, 2.45) is 0 Å². The largest absolute Gasteiger partial charge is 0.369 e. The van der Waals surface area contributed by atoms with Crippen molar-refractivity contribution < 1.29 is 0 Å². The predicted molar refractivity (Wildman–Crippen MR) is 87.2 cm³/mol. The molecule has 0 spiro atoms.